The van der Waals surface area contributed by atoms with Gasteiger partial charge >= 0.3 is 6.09 Å². The molecule has 0 radical (unpaired) electrons. The number of amides is 2. The maximum atomic E-state index is 13.1. The van der Waals surface area contributed by atoms with E-state index in [0.717, 1.165) is 36.4 Å². The van der Waals surface area contributed by atoms with Gasteiger partial charge in [0.2, 0.25) is 5.91 Å². The summed E-state index contributed by atoms with van der Waals surface area (Å²) in [6.07, 6.45) is 4.98. The van der Waals surface area contributed by atoms with Crippen LogP contribution in [0.15, 0.2) is 48.5 Å². The summed E-state index contributed by atoms with van der Waals surface area (Å²) in [5.41, 5.74) is 6.44. The number of nitrogens with zero attached hydrogens (tertiary/aromatic N) is 3. The number of benzene rings is 2. The van der Waals surface area contributed by atoms with Crippen LogP contribution in [0.25, 0.3) is 5.57 Å². The molecular formula is C37H53N3O4Si. The summed E-state index contributed by atoms with van der Waals surface area (Å²) in [6, 6.07) is 15.4. The van der Waals surface area contributed by atoms with Gasteiger partial charge in [-0.3, -0.25) is 4.79 Å². The van der Waals surface area contributed by atoms with Crippen LogP contribution in [-0.4, -0.2) is 56.5 Å². The Morgan fingerprint density at radius 2 is 1.64 bits per heavy atom. The zero-order valence-corrected chi connectivity index (χ0v) is 29.9. The van der Waals surface area contributed by atoms with Gasteiger partial charge in [-0.1, -0.05) is 57.2 Å². The average molecular weight is 632 g/mol. The standard InChI is InChI=1S/C37H53N3O4Si/c1-26(41)40-32-17-16-29(27-18-20-38(21-19-27)35(42)44-36(2,3)4)22-33(32)39(24-34(40)28-14-15-28)23-30-12-10-11-13-31(30)25-43-45(8,9)37(5,6)7/h10-13,16-18,22,28,34H,14-15,19-21,23-25H2,1-9H3/t34-/m1/s1. The predicted octanol–water partition coefficient (Wildman–Crippen LogP) is 8.38. The smallest absolute Gasteiger partial charge is 0.410 e. The zero-order chi connectivity index (χ0) is 32.7. The molecule has 0 saturated heterocycles. The van der Waals surface area contributed by atoms with Crippen LogP contribution in [0, 0.1) is 5.92 Å². The van der Waals surface area contributed by atoms with E-state index in [-0.39, 0.29) is 23.1 Å². The molecule has 1 atom stereocenters. The number of carbonyl (C=O) groups excluding carboxylic acids is 2. The van der Waals surface area contributed by atoms with Gasteiger partial charge < -0.3 is 23.9 Å². The van der Waals surface area contributed by atoms with Gasteiger partial charge in [0, 0.05) is 33.1 Å². The maximum Gasteiger partial charge on any atom is 0.410 e. The van der Waals surface area contributed by atoms with E-state index in [2.05, 4.69) is 92.2 Å². The van der Waals surface area contributed by atoms with E-state index in [9.17, 15) is 9.59 Å². The molecule has 1 fully saturated rings. The van der Waals surface area contributed by atoms with Crippen LogP contribution in [0.5, 0.6) is 0 Å². The molecule has 0 spiro atoms. The van der Waals surface area contributed by atoms with Crippen molar-refractivity contribution in [3.63, 3.8) is 0 Å². The Morgan fingerprint density at radius 1 is 0.956 bits per heavy atom. The predicted molar refractivity (Wildman–Crippen MR) is 186 cm³/mol. The van der Waals surface area contributed by atoms with Gasteiger partial charge in [-0.05, 0) is 98.5 Å². The number of fused-ring (bicyclic) bond motifs is 1. The summed E-state index contributed by atoms with van der Waals surface area (Å²) < 4.78 is 12.3. The number of carbonyl (C=O) groups is 2. The molecule has 0 unspecified atom stereocenters. The van der Waals surface area contributed by atoms with Gasteiger partial charge in [0.05, 0.1) is 24.0 Å². The first-order chi connectivity index (χ1) is 21.0. The monoisotopic (exact) mass is 631 g/mol. The highest BCUT2D eigenvalue weighted by molar-refractivity contribution is 6.74. The third-order valence-corrected chi connectivity index (χ3v) is 14.4. The first-order valence-electron chi connectivity index (χ1n) is 16.6. The molecule has 2 amide bonds. The molecule has 0 aromatic heterocycles. The molecule has 2 heterocycles. The number of ether oxygens (including phenoxy) is 1. The van der Waals surface area contributed by atoms with Gasteiger partial charge in [-0.25, -0.2) is 4.79 Å². The molecule has 0 bridgehead atoms. The van der Waals surface area contributed by atoms with E-state index in [1.54, 1.807) is 11.8 Å². The van der Waals surface area contributed by atoms with Gasteiger partial charge in [0.25, 0.3) is 0 Å². The lowest BCUT2D eigenvalue weighted by Crippen LogP contribution is -2.52. The van der Waals surface area contributed by atoms with Crippen LogP contribution < -0.4 is 9.80 Å². The number of rotatable bonds is 7. The lowest BCUT2D eigenvalue weighted by Gasteiger charge is -2.44. The van der Waals surface area contributed by atoms with Crippen molar-refractivity contribution < 1.29 is 18.8 Å². The molecule has 45 heavy (non-hydrogen) atoms. The Morgan fingerprint density at radius 3 is 2.22 bits per heavy atom. The van der Waals surface area contributed by atoms with Crippen LogP contribution >= 0.6 is 0 Å². The molecule has 8 heteroatoms. The molecule has 244 valence electrons. The van der Waals surface area contributed by atoms with Crippen LogP contribution in [-0.2, 0) is 27.1 Å². The minimum absolute atomic E-state index is 0.105. The third-order valence-electron chi connectivity index (χ3n) is 9.93. The second-order valence-electron chi connectivity index (χ2n) is 15.6. The van der Waals surface area contributed by atoms with Crippen LogP contribution in [0.3, 0.4) is 0 Å². The van der Waals surface area contributed by atoms with E-state index >= 15 is 0 Å². The van der Waals surface area contributed by atoms with Crippen molar-refractivity contribution in [2.45, 2.75) is 111 Å². The molecule has 5 rings (SSSR count). The molecule has 7 nitrogen and oxygen atoms in total. The summed E-state index contributed by atoms with van der Waals surface area (Å²) in [6.45, 7) is 22.2. The normalized spacial score (nSPS) is 19.3. The van der Waals surface area contributed by atoms with Crippen LogP contribution in [0.2, 0.25) is 18.1 Å². The van der Waals surface area contributed by atoms with Crippen molar-refractivity contribution in [3.05, 3.63) is 65.2 Å². The molecule has 2 aliphatic heterocycles. The minimum atomic E-state index is -1.91. The van der Waals surface area contributed by atoms with E-state index in [4.69, 9.17) is 9.16 Å². The van der Waals surface area contributed by atoms with Crippen molar-refractivity contribution in [2.24, 2.45) is 5.92 Å². The first-order valence-corrected chi connectivity index (χ1v) is 19.5. The Labute approximate surface area is 271 Å². The lowest BCUT2D eigenvalue weighted by atomic mass is 9.95. The second-order valence-corrected chi connectivity index (χ2v) is 20.4. The van der Waals surface area contributed by atoms with Crippen molar-refractivity contribution in [2.75, 3.05) is 29.4 Å². The second kappa shape index (κ2) is 12.6. The van der Waals surface area contributed by atoms with Crippen molar-refractivity contribution in [3.8, 4) is 0 Å². The van der Waals surface area contributed by atoms with Gasteiger partial charge in [-0.2, -0.15) is 0 Å². The van der Waals surface area contributed by atoms with Gasteiger partial charge in [0.15, 0.2) is 8.32 Å². The topological polar surface area (TPSA) is 62.3 Å². The highest BCUT2D eigenvalue weighted by atomic mass is 28.4. The Kier molecular flexibility index (Phi) is 9.31. The SMILES string of the molecule is CC(=O)N1c2ccc(C3=CCN(C(=O)OC(C)(C)C)CC3)cc2N(Cc2ccccc2CO[Si](C)(C)C(C)(C)C)C[C@@H]1C1CC1. The van der Waals surface area contributed by atoms with E-state index in [1.807, 2.05) is 20.8 Å². The summed E-state index contributed by atoms with van der Waals surface area (Å²) >= 11 is 0. The molecule has 0 N–H and O–H groups in total. The number of hydrogen-bond acceptors (Lipinski definition) is 5. The third kappa shape index (κ3) is 7.66. The highest BCUT2D eigenvalue weighted by Crippen LogP contribution is 2.46. The number of hydrogen-bond donors (Lipinski definition) is 0. The summed E-state index contributed by atoms with van der Waals surface area (Å²) in [4.78, 5) is 32.1. The Bertz CT molecular complexity index is 1450. The summed E-state index contributed by atoms with van der Waals surface area (Å²) in [5.74, 6) is 0.648. The van der Waals surface area contributed by atoms with E-state index < -0.39 is 13.9 Å². The van der Waals surface area contributed by atoms with Crippen molar-refractivity contribution in [1.82, 2.24) is 4.90 Å². The highest BCUT2D eigenvalue weighted by Gasteiger charge is 2.43. The molecule has 2 aromatic rings. The Balaban J connectivity index is 1.44. The zero-order valence-electron chi connectivity index (χ0n) is 28.9. The van der Waals surface area contributed by atoms with Gasteiger partial charge in [0.1, 0.15) is 5.60 Å². The van der Waals surface area contributed by atoms with Crippen LogP contribution in [0.4, 0.5) is 16.2 Å². The fourth-order valence-corrected chi connectivity index (χ4v) is 7.06. The largest absolute Gasteiger partial charge is 0.444 e. The summed E-state index contributed by atoms with van der Waals surface area (Å²) in [5, 5.41) is 0.148. The fraction of sp³-hybridized carbons (Fsp3) is 0.568. The molecule has 1 aliphatic carbocycles. The number of anilines is 2. The van der Waals surface area contributed by atoms with E-state index in [1.165, 1.54) is 29.5 Å². The van der Waals surface area contributed by atoms with E-state index in [0.29, 0.717) is 25.6 Å². The van der Waals surface area contributed by atoms with Gasteiger partial charge in [-0.15, -0.1) is 0 Å². The Hall–Kier alpha value is -3.10. The molecule has 3 aliphatic rings. The quantitative estimate of drug-likeness (QED) is 0.287. The maximum absolute atomic E-state index is 13.1. The summed E-state index contributed by atoms with van der Waals surface area (Å²) in [7, 11) is -1.91. The molecular weight excluding hydrogens is 579 g/mol. The average Bonchev–Trinajstić information content (AvgIpc) is 3.80. The van der Waals surface area contributed by atoms with Crippen LogP contribution in [0.1, 0.15) is 84.4 Å². The first kappa shape index (κ1) is 33.3. The van der Waals surface area contributed by atoms with Crippen molar-refractivity contribution in [1.29, 1.82) is 0 Å². The molecule has 2 aromatic carbocycles. The van der Waals surface area contributed by atoms with Crippen molar-refractivity contribution >= 4 is 37.3 Å². The molecule has 1 saturated carbocycles. The lowest BCUT2D eigenvalue weighted by molar-refractivity contribution is -0.117. The fourth-order valence-electron chi connectivity index (χ4n) is 6.11. The minimum Gasteiger partial charge on any atom is -0.444 e.